The molecule has 0 unspecified atom stereocenters. The van der Waals surface area contributed by atoms with Crippen molar-refractivity contribution in [3.05, 3.63) is 28.8 Å². The number of esters is 1. The molecule has 0 aliphatic rings. The van der Waals surface area contributed by atoms with Crippen LogP contribution in [0.5, 0.6) is 0 Å². The molecule has 116 valence electrons. The smallest absolute Gasteiger partial charge is 0.338 e. The van der Waals surface area contributed by atoms with Gasteiger partial charge in [0.05, 0.1) is 5.56 Å². The molecule has 0 atom stereocenters. The van der Waals surface area contributed by atoms with Crippen molar-refractivity contribution in [3.63, 3.8) is 0 Å². The molecule has 1 aromatic carbocycles. The Morgan fingerprint density at radius 2 is 1.86 bits per heavy atom. The molecular formula is C13H17NO6S. The molecule has 1 aromatic rings. The molecule has 0 spiro atoms. The fourth-order valence-corrected chi connectivity index (χ4v) is 2.01. The molecule has 8 heteroatoms. The number of carbonyl (C=O) groups excluding carboxylic acids is 2. The minimum absolute atomic E-state index is 0.222. The average molecular weight is 315 g/mol. The maximum Gasteiger partial charge on any atom is 0.338 e. The number of amides is 1. The molecule has 0 aromatic heterocycles. The van der Waals surface area contributed by atoms with Crippen molar-refractivity contribution in [1.29, 1.82) is 0 Å². The van der Waals surface area contributed by atoms with E-state index in [2.05, 4.69) is 5.32 Å². The Bertz CT molecular complexity index is 665. The normalized spacial score (nSPS) is 11.0. The van der Waals surface area contributed by atoms with Gasteiger partial charge in [-0.1, -0.05) is 6.07 Å². The van der Waals surface area contributed by atoms with Crippen molar-refractivity contribution in [2.45, 2.75) is 20.8 Å². The maximum absolute atomic E-state index is 11.9. The van der Waals surface area contributed by atoms with Crippen LogP contribution < -0.4 is 5.32 Å². The molecule has 0 saturated heterocycles. The first kappa shape index (κ1) is 17.1. The molecule has 0 fully saturated rings. The summed E-state index contributed by atoms with van der Waals surface area (Å²) < 4.78 is 34.5. The fraction of sp³-hybridized carbons (Fsp3) is 0.385. The molecule has 2 N–H and O–H groups in total. The van der Waals surface area contributed by atoms with E-state index in [9.17, 15) is 18.0 Å². The van der Waals surface area contributed by atoms with E-state index < -0.39 is 28.4 Å². The standard InChI is InChI=1S/C13H17NO6S/c1-8-6-9(2)12(14-10(3)15)7-11(8)13(16)20-4-5-21(17,18)19/h6-7H,4-5H2,1-3H3,(H,14,15)(H,17,18,19). The van der Waals surface area contributed by atoms with Gasteiger partial charge in [0.15, 0.2) is 0 Å². The molecule has 0 bridgehead atoms. The van der Waals surface area contributed by atoms with E-state index in [1.807, 2.05) is 0 Å². The summed E-state index contributed by atoms with van der Waals surface area (Å²) in [6.45, 7) is 4.39. The van der Waals surface area contributed by atoms with Crippen LogP contribution in [0.25, 0.3) is 0 Å². The molecule has 1 rings (SSSR count). The Morgan fingerprint density at radius 3 is 2.38 bits per heavy atom. The SMILES string of the molecule is CC(=O)Nc1cc(C(=O)OCCS(=O)(=O)O)c(C)cc1C. The number of benzene rings is 1. The van der Waals surface area contributed by atoms with E-state index in [1.165, 1.54) is 13.0 Å². The quantitative estimate of drug-likeness (QED) is 0.626. The monoisotopic (exact) mass is 315 g/mol. The Morgan fingerprint density at radius 1 is 1.24 bits per heavy atom. The summed E-state index contributed by atoms with van der Waals surface area (Å²) in [5, 5.41) is 2.59. The van der Waals surface area contributed by atoms with Crippen LogP contribution >= 0.6 is 0 Å². The van der Waals surface area contributed by atoms with Crippen molar-refractivity contribution in [1.82, 2.24) is 0 Å². The highest BCUT2D eigenvalue weighted by Crippen LogP contribution is 2.21. The van der Waals surface area contributed by atoms with Gasteiger partial charge in [0.25, 0.3) is 10.1 Å². The second-order valence-corrected chi connectivity index (χ2v) is 6.16. The van der Waals surface area contributed by atoms with E-state index in [0.29, 0.717) is 11.3 Å². The lowest BCUT2D eigenvalue weighted by Gasteiger charge is -2.12. The number of hydrogen-bond acceptors (Lipinski definition) is 5. The van der Waals surface area contributed by atoms with E-state index in [4.69, 9.17) is 9.29 Å². The first-order valence-electron chi connectivity index (χ1n) is 6.11. The van der Waals surface area contributed by atoms with E-state index >= 15 is 0 Å². The summed E-state index contributed by atoms with van der Waals surface area (Å²) >= 11 is 0. The van der Waals surface area contributed by atoms with Gasteiger partial charge >= 0.3 is 5.97 Å². The van der Waals surface area contributed by atoms with Gasteiger partial charge in [-0.05, 0) is 31.0 Å². The van der Waals surface area contributed by atoms with Crippen LogP contribution in [0.15, 0.2) is 12.1 Å². The fourth-order valence-electron chi connectivity index (χ4n) is 1.71. The van der Waals surface area contributed by atoms with Crippen molar-refractivity contribution in [2.75, 3.05) is 17.7 Å². The number of carbonyl (C=O) groups is 2. The summed E-state index contributed by atoms with van der Waals surface area (Å²) in [6.07, 6.45) is 0. The second-order valence-electron chi connectivity index (χ2n) is 4.59. The Labute approximate surface area is 123 Å². The Kier molecular flexibility index (Phi) is 5.45. The molecular weight excluding hydrogens is 298 g/mol. The number of anilines is 1. The van der Waals surface area contributed by atoms with Gasteiger partial charge in [-0.15, -0.1) is 0 Å². The van der Waals surface area contributed by atoms with Crippen LogP contribution in [-0.2, 0) is 19.6 Å². The second kappa shape index (κ2) is 6.68. The van der Waals surface area contributed by atoms with E-state index in [0.717, 1.165) is 5.56 Å². The third-order valence-electron chi connectivity index (χ3n) is 2.68. The number of ether oxygens (including phenoxy) is 1. The van der Waals surface area contributed by atoms with Gasteiger partial charge in [0.1, 0.15) is 12.4 Å². The zero-order valence-corrected chi connectivity index (χ0v) is 12.8. The van der Waals surface area contributed by atoms with Crippen LogP contribution in [0, 0.1) is 13.8 Å². The summed E-state index contributed by atoms with van der Waals surface area (Å²) in [5.41, 5.74) is 2.13. The lowest BCUT2D eigenvalue weighted by Crippen LogP contribution is -2.16. The molecule has 7 nitrogen and oxygen atoms in total. The molecule has 0 aliphatic carbocycles. The van der Waals surface area contributed by atoms with Crippen LogP contribution in [0.2, 0.25) is 0 Å². The van der Waals surface area contributed by atoms with Gasteiger partial charge in [0.2, 0.25) is 5.91 Å². The van der Waals surface area contributed by atoms with Crippen LogP contribution in [-0.4, -0.2) is 37.2 Å². The Hall–Kier alpha value is -1.93. The van der Waals surface area contributed by atoms with Gasteiger partial charge in [-0.2, -0.15) is 8.42 Å². The first-order chi connectivity index (χ1) is 9.60. The number of nitrogens with one attached hydrogen (secondary N) is 1. The van der Waals surface area contributed by atoms with Crippen LogP contribution in [0.1, 0.15) is 28.4 Å². The van der Waals surface area contributed by atoms with Gasteiger partial charge in [-0.3, -0.25) is 9.35 Å². The predicted molar refractivity (Wildman–Crippen MR) is 76.9 cm³/mol. The van der Waals surface area contributed by atoms with Crippen molar-refractivity contribution in [2.24, 2.45) is 0 Å². The largest absolute Gasteiger partial charge is 0.461 e. The van der Waals surface area contributed by atoms with Crippen molar-refractivity contribution in [3.8, 4) is 0 Å². The highest BCUT2D eigenvalue weighted by molar-refractivity contribution is 7.85. The van der Waals surface area contributed by atoms with E-state index in [-0.39, 0.29) is 11.5 Å². The molecule has 0 saturated carbocycles. The molecule has 0 heterocycles. The predicted octanol–water partition coefficient (Wildman–Crippen LogP) is 1.31. The topological polar surface area (TPSA) is 110 Å². The molecule has 0 aliphatic heterocycles. The average Bonchev–Trinajstić information content (AvgIpc) is 2.30. The summed E-state index contributed by atoms with van der Waals surface area (Å²) in [5.74, 6) is -1.65. The minimum atomic E-state index is -4.18. The molecule has 21 heavy (non-hydrogen) atoms. The van der Waals surface area contributed by atoms with Gasteiger partial charge in [0, 0.05) is 12.6 Å². The van der Waals surface area contributed by atoms with Crippen LogP contribution in [0.3, 0.4) is 0 Å². The number of rotatable bonds is 5. The number of aryl methyl sites for hydroxylation is 2. The third kappa shape index (κ3) is 5.52. The zero-order valence-electron chi connectivity index (χ0n) is 12.0. The zero-order chi connectivity index (χ0) is 16.2. The lowest BCUT2D eigenvalue weighted by molar-refractivity contribution is -0.114. The Balaban J connectivity index is 2.91. The van der Waals surface area contributed by atoms with Crippen molar-refractivity contribution < 1.29 is 27.3 Å². The molecule has 0 radical (unpaired) electrons. The van der Waals surface area contributed by atoms with Gasteiger partial charge in [-0.25, -0.2) is 4.79 Å². The highest BCUT2D eigenvalue weighted by Gasteiger charge is 2.15. The number of hydrogen-bond donors (Lipinski definition) is 2. The summed E-state index contributed by atoms with van der Waals surface area (Å²) in [7, 11) is -4.18. The maximum atomic E-state index is 11.9. The van der Waals surface area contributed by atoms with E-state index in [1.54, 1.807) is 19.9 Å². The first-order valence-corrected chi connectivity index (χ1v) is 7.72. The van der Waals surface area contributed by atoms with Gasteiger partial charge < -0.3 is 10.1 Å². The summed E-state index contributed by atoms with van der Waals surface area (Å²) in [6, 6.07) is 3.19. The summed E-state index contributed by atoms with van der Waals surface area (Å²) in [4.78, 5) is 23.0. The minimum Gasteiger partial charge on any atom is -0.461 e. The molecule has 1 amide bonds. The third-order valence-corrected chi connectivity index (χ3v) is 3.36. The highest BCUT2D eigenvalue weighted by atomic mass is 32.2. The lowest BCUT2D eigenvalue weighted by atomic mass is 10.0. The van der Waals surface area contributed by atoms with Crippen LogP contribution in [0.4, 0.5) is 5.69 Å². The van der Waals surface area contributed by atoms with Crippen molar-refractivity contribution >= 4 is 27.7 Å².